The van der Waals surface area contributed by atoms with Gasteiger partial charge in [0.05, 0.1) is 18.2 Å². The van der Waals surface area contributed by atoms with Crippen LogP contribution < -0.4 is 4.90 Å². The van der Waals surface area contributed by atoms with Crippen molar-refractivity contribution in [1.29, 1.82) is 10.5 Å². The van der Waals surface area contributed by atoms with Crippen LogP contribution in [0.25, 0.3) is 0 Å². The first-order valence-corrected chi connectivity index (χ1v) is 5.54. The minimum absolute atomic E-state index is 0.473. The third-order valence-corrected chi connectivity index (χ3v) is 2.87. The molecule has 0 aliphatic carbocycles. The number of rotatable bonds is 2. The molecule has 1 fully saturated rings. The lowest BCUT2D eigenvalue weighted by atomic mass is 10.2. The molecule has 0 amide bonds. The minimum Gasteiger partial charge on any atom is -0.353 e. The zero-order chi connectivity index (χ0) is 12.1. The number of anilines is 1. The van der Waals surface area contributed by atoms with E-state index in [1.165, 1.54) is 0 Å². The second-order valence-corrected chi connectivity index (χ2v) is 3.91. The fraction of sp³-hybridized carbons (Fsp3) is 0.417. The third-order valence-electron chi connectivity index (χ3n) is 2.87. The number of piperazine rings is 1. The molecule has 0 saturated carbocycles. The number of hydrogen-bond acceptors (Lipinski definition) is 5. The Hall–Kier alpha value is -2.11. The Balaban J connectivity index is 2.06. The van der Waals surface area contributed by atoms with Gasteiger partial charge in [0.15, 0.2) is 0 Å². The monoisotopic (exact) mass is 227 g/mol. The van der Waals surface area contributed by atoms with E-state index in [0.717, 1.165) is 32.0 Å². The summed E-state index contributed by atoms with van der Waals surface area (Å²) in [5.74, 6) is 0.756. The zero-order valence-corrected chi connectivity index (χ0v) is 9.50. The number of pyridine rings is 1. The maximum atomic E-state index is 9.02. The van der Waals surface area contributed by atoms with E-state index in [4.69, 9.17) is 10.5 Å². The summed E-state index contributed by atoms with van der Waals surface area (Å²) < 4.78 is 0. The van der Waals surface area contributed by atoms with Gasteiger partial charge in [-0.05, 0) is 12.1 Å². The van der Waals surface area contributed by atoms with Gasteiger partial charge in [-0.3, -0.25) is 4.90 Å². The van der Waals surface area contributed by atoms with E-state index in [-0.39, 0.29) is 0 Å². The second-order valence-electron chi connectivity index (χ2n) is 3.91. The van der Waals surface area contributed by atoms with Crippen LogP contribution in [0.15, 0.2) is 18.3 Å². The zero-order valence-electron chi connectivity index (χ0n) is 9.50. The molecule has 1 aliphatic rings. The molecule has 0 atom stereocenters. The number of nitrogens with zero attached hydrogens (tertiary/aromatic N) is 5. The summed E-state index contributed by atoms with van der Waals surface area (Å²) in [7, 11) is 0. The van der Waals surface area contributed by atoms with Gasteiger partial charge in [0, 0.05) is 32.4 Å². The molecule has 86 valence electrons. The van der Waals surface area contributed by atoms with Crippen molar-refractivity contribution in [3.63, 3.8) is 0 Å². The molecule has 0 bridgehead atoms. The maximum Gasteiger partial charge on any atom is 0.146 e. The average molecular weight is 227 g/mol. The maximum absolute atomic E-state index is 9.02. The molecular formula is C12H13N5. The van der Waals surface area contributed by atoms with E-state index in [1.54, 1.807) is 18.3 Å². The second kappa shape index (κ2) is 5.29. The summed E-state index contributed by atoms with van der Waals surface area (Å²) in [6.45, 7) is 3.78. The lowest BCUT2D eigenvalue weighted by Crippen LogP contribution is -2.46. The van der Waals surface area contributed by atoms with Crippen LogP contribution in [0.3, 0.4) is 0 Å². The Morgan fingerprint density at radius 3 is 2.65 bits per heavy atom. The van der Waals surface area contributed by atoms with Gasteiger partial charge in [-0.25, -0.2) is 4.98 Å². The van der Waals surface area contributed by atoms with Crippen LogP contribution in [-0.2, 0) is 0 Å². The van der Waals surface area contributed by atoms with E-state index < -0.39 is 0 Å². The van der Waals surface area contributed by atoms with E-state index in [0.29, 0.717) is 12.1 Å². The Morgan fingerprint density at radius 2 is 2.00 bits per heavy atom. The van der Waals surface area contributed by atoms with Gasteiger partial charge >= 0.3 is 0 Å². The molecule has 5 nitrogen and oxygen atoms in total. The van der Waals surface area contributed by atoms with Crippen molar-refractivity contribution in [2.24, 2.45) is 0 Å². The third kappa shape index (κ3) is 2.52. The van der Waals surface area contributed by atoms with Gasteiger partial charge in [0.1, 0.15) is 11.9 Å². The fourth-order valence-corrected chi connectivity index (χ4v) is 1.95. The molecule has 0 N–H and O–H groups in total. The summed E-state index contributed by atoms with van der Waals surface area (Å²) in [5, 5.41) is 17.6. The molecule has 0 radical (unpaired) electrons. The number of aromatic nitrogens is 1. The normalized spacial score (nSPS) is 16.2. The Labute approximate surface area is 101 Å². The van der Waals surface area contributed by atoms with Crippen molar-refractivity contribution in [1.82, 2.24) is 9.88 Å². The van der Waals surface area contributed by atoms with Crippen molar-refractivity contribution in [2.75, 3.05) is 37.6 Å². The first kappa shape index (κ1) is 11.4. The lowest BCUT2D eigenvalue weighted by molar-refractivity contribution is 0.286. The van der Waals surface area contributed by atoms with E-state index in [2.05, 4.69) is 26.9 Å². The summed E-state index contributed by atoms with van der Waals surface area (Å²) >= 11 is 0. The molecule has 1 aromatic rings. The molecule has 0 aromatic carbocycles. The molecule has 1 saturated heterocycles. The molecule has 0 unspecified atom stereocenters. The fourth-order valence-electron chi connectivity index (χ4n) is 1.95. The molecule has 1 aliphatic heterocycles. The smallest absolute Gasteiger partial charge is 0.146 e. The predicted molar refractivity (Wildman–Crippen MR) is 63.2 cm³/mol. The van der Waals surface area contributed by atoms with Crippen molar-refractivity contribution in [3.05, 3.63) is 23.9 Å². The summed E-state index contributed by atoms with van der Waals surface area (Å²) in [4.78, 5) is 8.47. The number of hydrogen-bond donors (Lipinski definition) is 0. The Kier molecular flexibility index (Phi) is 3.54. The van der Waals surface area contributed by atoms with Crippen LogP contribution in [0.1, 0.15) is 5.56 Å². The van der Waals surface area contributed by atoms with Gasteiger partial charge in [0.2, 0.25) is 0 Å². The first-order chi connectivity index (χ1) is 8.35. The topological polar surface area (TPSA) is 67.0 Å². The predicted octanol–water partition coefficient (Wildman–Crippen LogP) is 0.599. The quantitative estimate of drug-likeness (QED) is 0.692. The highest BCUT2D eigenvalue weighted by atomic mass is 15.3. The average Bonchev–Trinajstić information content (AvgIpc) is 2.40. The van der Waals surface area contributed by atoms with Gasteiger partial charge in [-0.2, -0.15) is 10.5 Å². The summed E-state index contributed by atoms with van der Waals surface area (Å²) in [6.07, 6.45) is 1.71. The van der Waals surface area contributed by atoms with Gasteiger partial charge < -0.3 is 4.90 Å². The Bertz CT molecular complexity index is 463. The standard InChI is InChI=1S/C12H13N5/c13-3-5-16-6-8-17(9-7-16)12-11(10-14)2-1-4-15-12/h1-2,4H,5-9H2. The first-order valence-electron chi connectivity index (χ1n) is 5.54. The summed E-state index contributed by atoms with van der Waals surface area (Å²) in [5.41, 5.74) is 0.612. The molecule has 5 heteroatoms. The van der Waals surface area contributed by atoms with Crippen LogP contribution in [0.2, 0.25) is 0 Å². The molecule has 17 heavy (non-hydrogen) atoms. The molecule has 1 aromatic heterocycles. The van der Waals surface area contributed by atoms with Gasteiger partial charge in [-0.1, -0.05) is 0 Å². The summed E-state index contributed by atoms with van der Waals surface area (Å²) in [6, 6.07) is 7.87. The van der Waals surface area contributed by atoms with Gasteiger partial charge in [0.25, 0.3) is 0 Å². The van der Waals surface area contributed by atoms with Crippen molar-refractivity contribution in [3.8, 4) is 12.1 Å². The van der Waals surface area contributed by atoms with Crippen molar-refractivity contribution in [2.45, 2.75) is 0 Å². The van der Waals surface area contributed by atoms with Crippen LogP contribution in [-0.4, -0.2) is 42.6 Å². The van der Waals surface area contributed by atoms with Gasteiger partial charge in [-0.15, -0.1) is 0 Å². The highest BCUT2D eigenvalue weighted by Crippen LogP contribution is 2.17. The minimum atomic E-state index is 0.473. The highest BCUT2D eigenvalue weighted by Gasteiger charge is 2.19. The van der Waals surface area contributed by atoms with E-state index in [1.807, 2.05) is 0 Å². The van der Waals surface area contributed by atoms with Crippen LogP contribution in [0.4, 0.5) is 5.82 Å². The lowest BCUT2D eigenvalue weighted by Gasteiger charge is -2.34. The highest BCUT2D eigenvalue weighted by molar-refractivity contribution is 5.53. The van der Waals surface area contributed by atoms with E-state index in [9.17, 15) is 0 Å². The molecule has 2 rings (SSSR count). The van der Waals surface area contributed by atoms with Crippen LogP contribution in [0, 0.1) is 22.7 Å². The van der Waals surface area contributed by atoms with E-state index >= 15 is 0 Å². The molecule has 2 heterocycles. The van der Waals surface area contributed by atoms with Crippen molar-refractivity contribution >= 4 is 5.82 Å². The molecular weight excluding hydrogens is 214 g/mol. The molecule has 0 spiro atoms. The van der Waals surface area contributed by atoms with Crippen LogP contribution in [0.5, 0.6) is 0 Å². The SMILES string of the molecule is N#CCN1CCN(c2ncccc2C#N)CC1. The Morgan fingerprint density at radius 1 is 1.24 bits per heavy atom. The number of nitriles is 2. The largest absolute Gasteiger partial charge is 0.353 e. The van der Waals surface area contributed by atoms with Crippen LogP contribution >= 0.6 is 0 Å². The van der Waals surface area contributed by atoms with Crippen molar-refractivity contribution < 1.29 is 0 Å².